The van der Waals surface area contributed by atoms with Crippen LogP contribution in [0.15, 0.2) is 4.42 Å². The van der Waals surface area contributed by atoms with Gasteiger partial charge in [-0.3, -0.25) is 0 Å². The highest BCUT2D eigenvalue weighted by atomic mass is 79.9. The Morgan fingerprint density at radius 3 is 2.47 bits per heavy atom. The maximum atomic E-state index is 5.80. The second kappa shape index (κ2) is 6.53. The first-order valence-electron chi connectivity index (χ1n) is 6.78. The van der Waals surface area contributed by atoms with Crippen LogP contribution in [-0.2, 0) is 0 Å². The number of alkyl halides is 1. The Bertz CT molecular complexity index is 332. The van der Waals surface area contributed by atoms with Crippen molar-refractivity contribution >= 4 is 15.9 Å². The number of rotatable bonds is 3. The van der Waals surface area contributed by atoms with Gasteiger partial charge in [0.15, 0.2) is 0 Å². The van der Waals surface area contributed by atoms with Gasteiger partial charge in [0.2, 0.25) is 11.8 Å². The van der Waals surface area contributed by atoms with Gasteiger partial charge in [-0.2, -0.15) is 0 Å². The molecule has 1 atom stereocenters. The summed E-state index contributed by atoms with van der Waals surface area (Å²) in [5.74, 6) is 2.09. The fourth-order valence-electron chi connectivity index (χ4n) is 2.42. The average Bonchev–Trinajstić information content (AvgIpc) is 2.77. The van der Waals surface area contributed by atoms with Crippen LogP contribution in [0.4, 0.5) is 0 Å². The Kier molecular flexibility index (Phi) is 5.01. The Morgan fingerprint density at radius 2 is 1.82 bits per heavy atom. The van der Waals surface area contributed by atoms with Gasteiger partial charge < -0.3 is 4.42 Å². The van der Waals surface area contributed by atoms with Crippen LogP contribution in [-0.4, -0.2) is 10.2 Å². The predicted molar refractivity (Wildman–Crippen MR) is 71.3 cm³/mol. The first-order valence-corrected chi connectivity index (χ1v) is 7.70. The minimum Gasteiger partial charge on any atom is -0.424 e. The zero-order chi connectivity index (χ0) is 12.1. The van der Waals surface area contributed by atoms with Gasteiger partial charge in [0.1, 0.15) is 0 Å². The molecule has 0 saturated heterocycles. The molecule has 0 aliphatic heterocycles. The van der Waals surface area contributed by atoms with E-state index < -0.39 is 0 Å². The Labute approximate surface area is 112 Å². The maximum Gasteiger partial charge on any atom is 0.230 e. The predicted octanol–water partition coefficient (Wildman–Crippen LogP) is 4.74. The third-order valence-electron chi connectivity index (χ3n) is 3.54. The maximum absolute atomic E-state index is 5.80. The number of hydrogen-bond acceptors (Lipinski definition) is 3. The van der Waals surface area contributed by atoms with Crippen molar-refractivity contribution in [2.75, 3.05) is 0 Å². The molecule has 0 amide bonds. The van der Waals surface area contributed by atoms with E-state index in [2.05, 4.69) is 33.1 Å². The van der Waals surface area contributed by atoms with Crippen LogP contribution in [0.5, 0.6) is 0 Å². The van der Waals surface area contributed by atoms with Crippen LogP contribution in [0, 0.1) is 0 Å². The number of halogens is 1. The molecule has 2 rings (SSSR count). The van der Waals surface area contributed by atoms with Crippen molar-refractivity contribution in [1.29, 1.82) is 0 Å². The standard InChI is InChI=1S/C13H21BrN2O/c1-2-11(14)13-16-15-12(17-13)10-8-6-4-3-5-7-9-10/h10-11H,2-9H2,1H3. The van der Waals surface area contributed by atoms with Gasteiger partial charge in [-0.05, 0) is 19.3 Å². The minimum absolute atomic E-state index is 0.206. The second-order valence-corrected chi connectivity index (χ2v) is 6.00. The molecule has 1 aromatic heterocycles. The fraction of sp³-hybridized carbons (Fsp3) is 0.846. The monoisotopic (exact) mass is 300 g/mol. The highest BCUT2D eigenvalue weighted by Crippen LogP contribution is 2.32. The molecule has 3 nitrogen and oxygen atoms in total. The summed E-state index contributed by atoms with van der Waals surface area (Å²) in [6.07, 6.45) is 10.1. The first kappa shape index (κ1) is 13.1. The van der Waals surface area contributed by atoms with Crippen LogP contribution in [0.2, 0.25) is 0 Å². The van der Waals surface area contributed by atoms with Gasteiger partial charge in [0.25, 0.3) is 0 Å². The van der Waals surface area contributed by atoms with Crippen LogP contribution in [0.1, 0.15) is 80.8 Å². The molecule has 1 aromatic rings. The van der Waals surface area contributed by atoms with E-state index in [-0.39, 0.29) is 4.83 Å². The Morgan fingerprint density at radius 1 is 1.18 bits per heavy atom. The lowest BCUT2D eigenvalue weighted by Gasteiger charge is -2.15. The Hall–Kier alpha value is -0.380. The van der Waals surface area contributed by atoms with Gasteiger partial charge >= 0.3 is 0 Å². The molecule has 1 saturated carbocycles. The van der Waals surface area contributed by atoms with Crippen LogP contribution in [0.3, 0.4) is 0 Å². The molecule has 1 unspecified atom stereocenters. The summed E-state index contributed by atoms with van der Waals surface area (Å²) in [6, 6.07) is 0. The molecule has 1 aliphatic carbocycles. The van der Waals surface area contributed by atoms with Crippen LogP contribution >= 0.6 is 15.9 Å². The normalized spacial score (nSPS) is 20.8. The van der Waals surface area contributed by atoms with E-state index in [1.807, 2.05) is 0 Å². The number of aromatic nitrogens is 2. The van der Waals surface area contributed by atoms with Crippen molar-refractivity contribution in [1.82, 2.24) is 10.2 Å². The summed E-state index contributed by atoms with van der Waals surface area (Å²) in [6.45, 7) is 2.11. The summed E-state index contributed by atoms with van der Waals surface area (Å²) in [5.41, 5.74) is 0. The zero-order valence-electron chi connectivity index (χ0n) is 10.5. The summed E-state index contributed by atoms with van der Waals surface area (Å²) in [5, 5.41) is 8.39. The molecule has 4 heteroatoms. The van der Waals surface area contributed by atoms with Crippen molar-refractivity contribution < 1.29 is 4.42 Å². The molecule has 0 aromatic carbocycles. The highest BCUT2D eigenvalue weighted by Gasteiger charge is 2.21. The third-order valence-corrected chi connectivity index (χ3v) is 4.58. The molecule has 0 radical (unpaired) electrons. The topological polar surface area (TPSA) is 38.9 Å². The lowest BCUT2D eigenvalue weighted by molar-refractivity contribution is 0.362. The van der Waals surface area contributed by atoms with Gasteiger partial charge in [0.05, 0.1) is 4.83 Å². The van der Waals surface area contributed by atoms with Gasteiger partial charge in [0, 0.05) is 5.92 Å². The number of nitrogens with zero attached hydrogens (tertiary/aromatic N) is 2. The summed E-state index contributed by atoms with van der Waals surface area (Å²) < 4.78 is 5.80. The lowest BCUT2D eigenvalue weighted by Crippen LogP contribution is -2.02. The van der Waals surface area contributed by atoms with E-state index in [0.717, 1.165) is 18.2 Å². The van der Waals surface area contributed by atoms with Crippen molar-refractivity contribution in [3.63, 3.8) is 0 Å². The molecule has 96 valence electrons. The van der Waals surface area contributed by atoms with E-state index >= 15 is 0 Å². The van der Waals surface area contributed by atoms with Crippen molar-refractivity contribution in [3.05, 3.63) is 11.8 Å². The van der Waals surface area contributed by atoms with Crippen LogP contribution in [0.25, 0.3) is 0 Å². The van der Waals surface area contributed by atoms with Gasteiger partial charge in [-0.25, -0.2) is 0 Å². The minimum atomic E-state index is 0.206. The summed E-state index contributed by atoms with van der Waals surface area (Å²) in [4.78, 5) is 0.206. The van der Waals surface area contributed by atoms with Crippen molar-refractivity contribution in [2.45, 2.75) is 69.0 Å². The van der Waals surface area contributed by atoms with Crippen LogP contribution < -0.4 is 0 Å². The summed E-state index contributed by atoms with van der Waals surface area (Å²) in [7, 11) is 0. The largest absolute Gasteiger partial charge is 0.424 e. The molecule has 1 aliphatic rings. The van der Waals surface area contributed by atoms with E-state index in [4.69, 9.17) is 4.42 Å². The van der Waals surface area contributed by atoms with E-state index in [1.54, 1.807) is 0 Å². The third kappa shape index (κ3) is 3.54. The first-order chi connectivity index (χ1) is 8.31. The molecule has 1 fully saturated rings. The van der Waals surface area contributed by atoms with E-state index in [1.165, 1.54) is 44.9 Å². The lowest BCUT2D eigenvalue weighted by atomic mass is 9.91. The molecule has 17 heavy (non-hydrogen) atoms. The molecule has 0 spiro atoms. The van der Waals surface area contributed by atoms with Gasteiger partial charge in [-0.1, -0.05) is 55.0 Å². The SMILES string of the molecule is CCC(Br)c1nnc(C2CCCCCCC2)o1. The molecular formula is C13H21BrN2O. The molecule has 0 bridgehead atoms. The molecular weight excluding hydrogens is 280 g/mol. The summed E-state index contributed by atoms with van der Waals surface area (Å²) >= 11 is 3.55. The van der Waals surface area contributed by atoms with Crippen molar-refractivity contribution in [2.24, 2.45) is 0 Å². The average molecular weight is 301 g/mol. The Balaban J connectivity index is 2.01. The molecule has 1 heterocycles. The molecule has 0 N–H and O–H groups in total. The second-order valence-electron chi connectivity index (χ2n) is 4.90. The van der Waals surface area contributed by atoms with Gasteiger partial charge in [-0.15, -0.1) is 10.2 Å². The fourth-order valence-corrected chi connectivity index (χ4v) is 2.60. The smallest absolute Gasteiger partial charge is 0.230 e. The quantitative estimate of drug-likeness (QED) is 0.757. The van der Waals surface area contributed by atoms with E-state index in [0.29, 0.717) is 5.92 Å². The number of hydrogen-bond donors (Lipinski definition) is 0. The van der Waals surface area contributed by atoms with Crippen molar-refractivity contribution in [3.8, 4) is 0 Å². The highest BCUT2D eigenvalue weighted by molar-refractivity contribution is 9.09. The van der Waals surface area contributed by atoms with E-state index in [9.17, 15) is 0 Å². The zero-order valence-corrected chi connectivity index (χ0v) is 12.1.